The highest BCUT2D eigenvalue weighted by Gasteiger charge is 2.25. The molecule has 0 aliphatic heterocycles. The molecule has 0 radical (unpaired) electrons. The molecule has 4 nitrogen and oxygen atoms in total. The topological polar surface area (TPSA) is 58.2 Å². The van der Waals surface area contributed by atoms with Gasteiger partial charge in [-0.2, -0.15) is 0 Å². The average Bonchev–Trinajstić information content (AvgIpc) is 2.33. The minimum atomic E-state index is -0.346. The van der Waals surface area contributed by atoms with Crippen molar-refractivity contribution in [3.05, 3.63) is 35.6 Å². The first-order valence-electron chi connectivity index (χ1n) is 6.44. The van der Waals surface area contributed by atoms with E-state index >= 15 is 0 Å². The van der Waals surface area contributed by atoms with Crippen molar-refractivity contribution in [2.24, 2.45) is 5.92 Å². The van der Waals surface area contributed by atoms with Crippen LogP contribution in [0.4, 0.5) is 4.39 Å². The third-order valence-corrected chi connectivity index (χ3v) is 3.33. The molecule has 1 fully saturated rings. The summed E-state index contributed by atoms with van der Waals surface area (Å²) in [5.41, 5.74) is 0.432. The maximum Gasteiger partial charge on any atom is 0.239 e. The number of carbonyl (C=O) groups is 2. The summed E-state index contributed by atoms with van der Waals surface area (Å²) in [4.78, 5) is 23.0. The molecular weight excluding hydrogens is 247 g/mol. The molecule has 0 bridgehead atoms. The van der Waals surface area contributed by atoms with E-state index in [-0.39, 0.29) is 36.6 Å². The summed E-state index contributed by atoms with van der Waals surface area (Å²) in [5.74, 6) is -0.649. The molecule has 2 amide bonds. The van der Waals surface area contributed by atoms with Crippen molar-refractivity contribution < 1.29 is 14.0 Å². The van der Waals surface area contributed by atoms with Gasteiger partial charge in [0.05, 0.1) is 6.54 Å². The summed E-state index contributed by atoms with van der Waals surface area (Å²) in [6.07, 6.45) is 2.89. The third-order valence-electron chi connectivity index (χ3n) is 3.33. The number of benzene rings is 1. The molecule has 102 valence electrons. The van der Waals surface area contributed by atoms with Crippen LogP contribution in [-0.4, -0.2) is 18.4 Å². The van der Waals surface area contributed by atoms with Crippen molar-refractivity contribution in [2.45, 2.75) is 25.8 Å². The fraction of sp³-hybridized carbons (Fsp3) is 0.429. The molecule has 0 heterocycles. The van der Waals surface area contributed by atoms with E-state index in [4.69, 9.17) is 0 Å². The first-order chi connectivity index (χ1) is 9.16. The third kappa shape index (κ3) is 3.77. The van der Waals surface area contributed by atoms with E-state index in [1.54, 1.807) is 18.2 Å². The Morgan fingerprint density at radius 2 is 1.95 bits per heavy atom. The Hall–Kier alpha value is -1.91. The fourth-order valence-corrected chi connectivity index (χ4v) is 1.88. The van der Waals surface area contributed by atoms with Crippen LogP contribution in [0.3, 0.4) is 0 Å². The number of rotatable bonds is 5. The van der Waals surface area contributed by atoms with Gasteiger partial charge in [-0.15, -0.1) is 0 Å². The fourth-order valence-electron chi connectivity index (χ4n) is 1.88. The molecule has 2 N–H and O–H groups in total. The van der Waals surface area contributed by atoms with Crippen LogP contribution in [0.15, 0.2) is 24.3 Å². The predicted octanol–water partition coefficient (Wildman–Crippen LogP) is 1.36. The van der Waals surface area contributed by atoms with Gasteiger partial charge in [-0.3, -0.25) is 9.59 Å². The van der Waals surface area contributed by atoms with Crippen molar-refractivity contribution >= 4 is 11.8 Å². The van der Waals surface area contributed by atoms with Crippen LogP contribution in [0, 0.1) is 11.7 Å². The van der Waals surface area contributed by atoms with Gasteiger partial charge >= 0.3 is 0 Å². The van der Waals surface area contributed by atoms with Gasteiger partial charge in [-0.05, 0) is 18.9 Å². The zero-order valence-corrected chi connectivity index (χ0v) is 10.6. The van der Waals surface area contributed by atoms with E-state index in [9.17, 15) is 14.0 Å². The number of nitrogens with one attached hydrogen (secondary N) is 2. The molecule has 1 saturated carbocycles. The molecule has 19 heavy (non-hydrogen) atoms. The highest BCUT2D eigenvalue weighted by molar-refractivity contribution is 5.86. The summed E-state index contributed by atoms with van der Waals surface area (Å²) < 4.78 is 13.3. The second kappa shape index (κ2) is 6.31. The summed E-state index contributed by atoms with van der Waals surface area (Å²) in [6.45, 7) is 0.0780. The molecule has 0 saturated heterocycles. The van der Waals surface area contributed by atoms with Crippen LogP contribution in [0.25, 0.3) is 0 Å². The lowest BCUT2D eigenvalue weighted by molar-refractivity contribution is -0.130. The van der Waals surface area contributed by atoms with E-state index in [0.717, 1.165) is 19.3 Å². The Bertz CT molecular complexity index is 472. The first kappa shape index (κ1) is 13.5. The quantitative estimate of drug-likeness (QED) is 0.843. The van der Waals surface area contributed by atoms with Gasteiger partial charge in [0, 0.05) is 18.0 Å². The molecule has 0 aromatic heterocycles. The molecule has 1 aliphatic rings. The molecule has 0 atom stereocenters. The molecule has 0 unspecified atom stereocenters. The molecule has 1 aromatic rings. The van der Waals surface area contributed by atoms with Crippen LogP contribution in [-0.2, 0) is 16.1 Å². The second-order valence-corrected chi connectivity index (χ2v) is 4.71. The van der Waals surface area contributed by atoms with E-state index in [1.165, 1.54) is 6.07 Å². The van der Waals surface area contributed by atoms with Crippen LogP contribution in [0.1, 0.15) is 24.8 Å². The number of amides is 2. The molecule has 2 rings (SSSR count). The number of halogens is 1. The maximum absolute atomic E-state index is 13.3. The number of hydrogen-bond donors (Lipinski definition) is 2. The number of hydrogen-bond acceptors (Lipinski definition) is 2. The minimum absolute atomic E-state index is 0.0518. The van der Waals surface area contributed by atoms with Crippen LogP contribution in [0.2, 0.25) is 0 Å². The Morgan fingerprint density at radius 1 is 1.21 bits per heavy atom. The lowest BCUT2D eigenvalue weighted by Gasteiger charge is -2.23. The SMILES string of the molecule is O=C(CNC(=O)C1CCC1)NCc1ccccc1F. The smallest absolute Gasteiger partial charge is 0.239 e. The van der Waals surface area contributed by atoms with Crippen molar-refractivity contribution in [3.63, 3.8) is 0 Å². The standard InChI is InChI=1S/C14H17FN2O2/c15-12-7-2-1-4-11(12)8-16-13(18)9-17-14(19)10-5-3-6-10/h1-2,4,7,10H,3,5-6,8-9H2,(H,16,18)(H,17,19). The van der Waals surface area contributed by atoms with Crippen molar-refractivity contribution in [3.8, 4) is 0 Å². The Labute approximate surface area is 111 Å². The van der Waals surface area contributed by atoms with Crippen molar-refractivity contribution in [2.75, 3.05) is 6.54 Å². The lowest BCUT2D eigenvalue weighted by atomic mass is 9.85. The monoisotopic (exact) mass is 264 g/mol. The molecule has 1 aromatic carbocycles. The van der Waals surface area contributed by atoms with Crippen LogP contribution < -0.4 is 10.6 Å². The summed E-state index contributed by atoms with van der Waals surface area (Å²) >= 11 is 0. The summed E-state index contributed by atoms with van der Waals surface area (Å²) in [6, 6.07) is 6.27. The normalized spacial score (nSPS) is 14.6. The molecule has 1 aliphatic carbocycles. The second-order valence-electron chi connectivity index (χ2n) is 4.71. The van der Waals surface area contributed by atoms with Gasteiger partial charge in [0.2, 0.25) is 11.8 Å². The molecular formula is C14H17FN2O2. The summed E-state index contributed by atoms with van der Waals surface area (Å²) in [7, 11) is 0. The Morgan fingerprint density at radius 3 is 2.58 bits per heavy atom. The van der Waals surface area contributed by atoms with Gasteiger partial charge in [0.15, 0.2) is 0 Å². The lowest BCUT2D eigenvalue weighted by Crippen LogP contribution is -2.41. The first-order valence-corrected chi connectivity index (χ1v) is 6.44. The van der Waals surface area contributed by atoms with E-state index < -0.39 is 0 Å². The largest absolute Gasteiger partial charge is 0.350 e. The highest BCUT2D eigenvalue weighted by atomic mass is 19.1. The Kier molecular flexibility index (Phi) is 4.49. The van der Waals surface area contributed by atoms with Gasteiger partial charge in [0.1, 0.15) is 5.82 Å². The van der Waals surface area contributed by atoms with E-state index in [1.807, 2.05) is 0 Å². The van der Waals surface area contributed by atoms with Gasteiger partial charge in [0.25, 0.3) is 0 Å². The van der Waals surface area contributed by atoms with Crippen molar-refractivity contribution in [1.82, 2.24) is 10.6 Å². The van der Waals surface area contributed by atoms with Crippen LogP contribution in [0.5, 0.6) is 0 Å². The van der Waals surface area contributed by atoms with Gasteiger partial charge < -0.3 is 10.6 Å². The number of carbonyl (C=O) groups excluding carboxylic acids is 2. The van der Waals surface area contributed by atoms with E-state index in [2.05, 4.69) is 10.6 Å². The van der Waals surface area contributed by atoms with Crippen molar-refractivity contribution in [1.29, 1.82) is 0 Å². The zero-order valence-electron chi connectivity index (χ0n) is 10.6. The molecule has 5 heteroatoms. The highest BCUT2D eigenvalue weighted by Crippen LogP contribution is 2.25. The Balaban J connectivity index is 1.70. The minimum Gasteiger partial charge on any atom is -0.350 e. The van der Waals surface area contributed by atoms with Crippen LogP contribution >= 0.6 is 0 Å². The zero-order chi connectivity index (χ0) is 13.7. The predicted molar refractivity (Wildman–Crippen MR) is 68.6 cm³/mol. The summed E-state index contributed by atoms with van der Waals surface area (Å²) in [5, 5.41) is 5.17. The average molecular weight is 264 g/mol. The maximum atomic E-state index is 13.3. The van der Waals surface area contributed by atoms with Gasteiger partial charge in [-0.25, -0.2) is 4.39 Å². The van der Waals surface area contributed by atoms with Gasteiger partial charge in [-0.1, -0.05) is 24.6 Å². The van der Waals surface area contributed by atoms with E-state index in [0.29, 0.717) is 5.56 Å². The molecule has 0 spiro atoms.